The normalized spacial score (nSPS) is 10.8. The molecule has 0 saturated carbocycles. The van der Waals surface area contributed by atoms with Gasteiger partial charge in [-0.3, -0.25) is 4.99 Å². The third kappa shape index (κ3) is 4.39. The molecule has 2 aromatic heterocycles. The quantitative estimate of drug-likeness (QED) is 0.556. The van der Waals surface area contributed by atoms with E-state index >= 15 is 0 Å². The summed E-state index contributed by atoms with van der Waals surface area (Å²) in [5.74, 6) is 1.24. The number of pyridine rings is 1. The summed E-state index contributed by atoms with van der Waals surface area (Å²) in [6.45, 7) is 9.71. The molecule has 0 aliphatic carbocycles. The number of hydrogen-bond donors (Lipinski definition) is 0. The van der Waals surface area contributed by atoms with E-state index in [2.05, 4.69) is 21.7 Å². The molecule has 0 spiro atoms. The molecule has 3 rings (SSSR count). The van der Waals surface area contributed by atoms with Crippen molar-refractivity contribution < 1.29 is 4.74 Å². The van der Waals surface area contributed by atoms with Gasteiger partial charge in [0, 0.05) is 35.9 Å². The smallest absolute Gasteiger partial charge is 0.227 e. The second kappa shape index (κ2) is 8.27. The summed E-state index contributed by atoms with van der Waals surface area (Å²) in [4.78, 5) is 8.56. The van der Waals surface area contributed by atoms with Gasteiger partial charge in [0.05, 0.1) is 11.9 Å². The standard InChI is InChI=1S/C22H22N4O/c1-5-23-14-21(16(2)3)20-7-6-12-24-22(20)27-19-10-8-18(9-11-19)26-15-17(4)13-25-26/h5-15H,1H2,2-4H3/b23-14-. The highest BCUT2D eigenvalue weighted by atomic mass is 16.5. The Kier molecular flexibility index (Phi) is 5.61. The Hall–Kier alpha value is -3.47. The summed E-state index contributed by atoms with van der Waals surface area (Å²) in [5, 5.41) is 4.32. The van der Waals surface area contributed by atoms with Crippen LogP contribution >= 0.6 is 0 Å². The maximum absolute atomic E-state index is 6.05. The number of nitrogens with zero attached hydrogens (tertiary/aromatic N) is 4. The van der Waals surface area contributed by atoms with Crippen molar-refractivity contribution in [2.75, 3.05) is 0 Å². The van der Waals surface area contributed by atoms with Crippen LogP contribution in [0.15, 0.2) is 78.3 Å². The van der Waals surface area contributed by atoms with Crippen LogP contribution in [-0.4, -0.2) is 21.0 Å². The van der Waals surface area contributed by atoms with Crippen LogP contribution in [0.4, 0.5) is 0 Å². The Labute approximate surface area is 159 Å². The average molecular weight is 358 g/mol. The van der Waals surface area contributed by atoms with Crippen LogP contribution in [0.5, 0.6) is 11.6 Å². The first-order valence-electron chi connectivity index (χ1n) is 8.65. The number of aryl methyl sites for hydroxylation is 1. The number of ether oxygens (including phenoxy) is 1. The molecule has 5 heteroatoms. The van der Waals surface area contributed by atoms with E-state index in [1.807, 2.05) is 74.2 Å². The molecule has 136 valence electrons. The van der Waals surface area contributed by atoms with Gasteiger partial charge in [0.15, 0.2) is 0 Å². The lowest BCUT2D eigenvalue weighted by atomic mass is 10.0. The Morgan fingerprint density at radius 3 is 2.59 bits per heavy atom. The molecule has 0 unspecified atom stereocenters. The number of aromatic nitrogens is 3. The minimum atomic E-state index is 0.534. The van der Waals surface area contributed by atoms with Crippen molar-refractivity contribution in [1.29, 1.82) is 0 Å². The molecule has 0 N–H and O–H groups in total. The molecule has 0 aliphatic rings. The summed E-state index contributed by atoms with van der Waals surface area (Å²) in [7, 11) is 0. The van der Waals surface area contributed by atoms with E-state index in [1.54, 1.807) is 12.4 Å². The number of benzene rings is 1. The average Bonchev–Trinajstić information content (AvgIpc) is 3.10. The van der Waals surface area contributed by atoms with Gasteiger partial charge in [-0.2, -0.15) is 5.10 Å². The SMILES string of the molecule is C=C/N=C\C(=C(C)C)c1cccnc1Oc1ccc(-n2cc(C)cn2)cc1. The van der Waals surface area contributed by atoms with Crippen molar-refractivity contribution in [2.24, 2.45) is 4.99 Å². The van der Waals surface area contributed by atoms with Gasteiger partial charge in [0.1, 0.15) is 5.75 Å². The van der Waals surface area contributed by atoms with Crippen molar-refractivity contribution in [2.45, 2.75) is 20.8 Å². The molecule has 0 radical (unpaired) electrons. The fraction of sp³-hybridized carbons (Fsp3) is 0.136. The van der Waals surface area contributed by atoms with Crippen molar-refractivity contribution >= 4 is 11.8 Å². The van der Waals surface area contributed by atoms with Gasteiger partial charge in [-0.05, 0) is 62.7 Å². The molecule has 0 atom stereocenters. The summed E-state index contributed by atoms with van der Waals surface area (Å²) in [5.41, 5.74) is 5.04. The van der Waals surface area contributed by atoms with E-state index in [9.17, 15) is 0 Å². The molecule has 2 heterocycles. The highest BCUT2D eigenvalue weighted by Crippen LogP contribution is 2.29. The van der Waals surface area contributed by atoms with Crippen LogP contribution in [-0.2, 0) is 0 Å². The minimum Gasteiger partial charge on any atom is -0.438 e. The Morgan fingerprint density at radius 1 is 1.19 bits per heavy atom. The molecule has 0 aliphatic heterocycles. The van der Waals surface area contributed by atoms with Gasteiger partial charge in [-0.1, -0.05) is 12.2 Å². The van der Waals surface area contributed by atoms with Gasteiger partial charge >= 0.3 is 0 Å². The van der Waals surface area contributed by atoms with Crippen molar-refractivity contribution in [3.05, 3.63) is 84.5 Å². The van der Waals surface area contributed by atoms with Crippen LogP contribution in [0, 0.1) is 6.92 Å². The molecule has 0 fully saturated rings. The maximum atomic E-state index is 6.05. The minimum absolute atomic E-state index is 0.534. The predicted molar refractivity (Wildman–Crippen MR) is 110 cm³/mol. The fourth-order valence-electron chi connectivity index (χ4n) is 2.60. The fourth-order valence-corrected chi connectivity index (χ4v) is 2.60. The molecule has 1 aromatic carbocycles. The van der Waals surface area contributed by atoms with E-state index in [0.29, 0.717) is 11.6 Å². The second-order valence-corrected chi connectivity index (χ2v) is 6.29. The highest BCUT2D eigenvalue weighted by molar-refractivity contribution is 6.11. The van der Waals surface area contributed by atoms with E-state index < -0.39 is 0 Å². The maximum Gasteiger partial charge on any atom is 0.227 e. The largest absolute Gasteiger partial charge is 0.438 e. The highest BCUT2D eigenvalue weighted by Gasteiger charge is 2.11. The summed E-state index contributed by atoms with van der Waals surface area (Å²) in [6, 6.07) is 11.6. The summed E-state index contributed by atoms with van der Waals surface area (Å²) >= 11 is 0. The van der Waals surface area contributed by atoms with E-state index in [0.717, 1.165) is 28.0 Å². The van der Waals surface area contributed by atoms with Crippen LogP contribution in [0.3, 0.4) is 0 Å². The Morgan fingerprint density at radius 2 is 1.96 bits per heavy atom. The van der Waals surface area contributed by atoms with Crippen LogP contribution < -0.4 is 4.74 Å². The zero-order valence-corrected chi connectivity index (χ0v) is 15.8. The predicted octanol–water partition coefficient (Wildman–Crippen LogP) is 5.38. The molecular weight excluding hydrogens is 336 g/mol. The van der Waals surface area contributed by atoms with Gasteiger partial charge in [-0.15, -0.1) is 0 Å². The Balaban J connectivity index is 1.89. The zero-order chi connectivity index (χ0) is 19.2. The van der Waals surface area contributed by atoms with Gasteiger partial charge in [0.25, 0.3) is 0 Å². The van der Waals surface area contributed by atoms with E-state index in [-0.39, 0.29) is 0 Å². The van der Waals surface area contributed by atoms with Crippen molar-refractivity contribution in [3.8, 4) is 17.3 Å². The third-order valence-electron chi connectivity index (χ3n) is 3.94. The number of allylic oxidation sites excluding steroid dienone is 2. The first kappa shape index (κ1) is 18.3. The first-order chi connectivity index (χ1) is 13.1. The van der Waals surface area contributed by atoms with Crippen LogP contribution in [0.1, 0.15) is 25.0 Å². The van der Waals surface area contributed by atoms with Crippen LogP contribution in [0.25, 0.3) is 11.3 Å². The lowest BCUT2D eigenvalue weighted by Gasteiger charge is -2.12. The van der Waals surface area contributed by atoms with Crippen molar-refractivity contribution in [3.63, 3.8) is 0 Å². The molecule has 27 heavy (non-hydrogen) atoms. The lowest BCUT2D eigenvalue weighted by molar-refractivity contribution is 0.461. The number of rotatable bonds is 6. The Bertz CT molecular complexity index is 993. The second-order valence-electron chi connectivity index (χ2n) is 6.29. The lowest BCUT2D eigenvalue weighted by Crippen LogP contribution is -1.98. The van der Waals surface area contributed by atoms with Crippen LogP contribution in [0.2, 0.25) is 0 Å². The molecule has 0 bridgehead atoms. The third-order valence-corrected chi connectivity index (χ3v) is 3.94. The molecular formula is C22H22N4O. The molecule has 3 aromatic rings. The topological polar surface area (TPSA) is 52.3 Å². The van der Waals surface area contributed by atoms with E-state index in [1.165, 1.54) is 6.20 Å². The molecule has 0 amide bonds. The molecule has 0 saturated heterocycles. The van der Waals surface area contributed by atoms with Gasteiger partial charge in [0.2, 0.25) is 5.88 Å². The summed E-state index contributed by atoms with van der Waals surface area (Å²) < 4.78 is 7.89. The van der Waals surface area contributed by atoms with Gasteiger partial charge in [-0.25, -0.2) is 9.67 Å². The monoisotopic (exact) mass is 358 g/mol. The number of hydrogen-bond acceptors (Lipinski definition) is 4. The number of aliphatic imine (C=N–C) groups is 1. The van der Waals surface area contributed by atoms with Crippen molar-refractivity contribution in [1.82, 2.24) is 14.8 Å². The van der Waals surface area contributed by atoms with Gasteiger partial charge < -0.3 is 4.74 Å². The zero-order valence-electron chi connectivity index (χ0n) is 15.8. The summed E-state index contributed by atoms with van der Waals surface area (Å²) in [6.07, 6.45) is 8.81. The molecule has 5 nitrogen and oxygen atoms in total. The first-order valence-corrected chi connectivity index (χ1v) is 8.65. The van der Waals surface area contributed by atoms with E-state index in [4.69, 9.17) is 4.74 Å².